The van der Waals surface area contributed by atoms with E-state index < -0.39 is 0 Å². The van der Waals surface area contributed by atoms with Crippen LogP contribution in [0.1, 0.15) is 23.9 Å². The molecule has 0 radical (unpaired) electrons. The highest BCUT2D eigenvalue weighted by molar-refractivity contribution is 7.80. The number of carbonyl (C=O) groups is 1. The van der Waals surface area contributed by atoms with Crippen LogP contribution in [0.3, 0.4) is 0 Å². The number of hydrogen-bond acceptors (Lipinski definition) is 2. The summed E-state index contributed by atoms with van der Waals surface area (Å²) in [7, 11) is 0. The van der Waals surface area contributed by atoms with Crippen LogP contribution in [0.2, 0.25) is 5.02 Å². The second-order valence-electron chi connectivity index (χ2n) is 5.68. The molecule has 2 heterocycles. The predicted molar refractivity (Wildman–Crippen MR) is 101 cm³/mol. The van der Waals surface area contributed by atoms with E-state index in [0.29, 0.717) is 22.4 Å². The van der Waals surface area contributed by atoms with E-state index in [4.69, 9.17) is 23.8 Å². The molecule has 1 aromatic carbocycles. The summed E-state index contributed by atoms with van der Waals surface area (Å²) in [5.41, 5.74) is 4.67. The van der Waals surface area contributed by atoms with Gasteiger partial charge < -0.3 is 9.88 Å². The summed E-state index contributed by atoms with van der Waals surface area (Å²) in [5, 5.41) is 4.16. The first kappa shape index (κ1) is 16.7. The molecule has 0 saturated carbocycles. The van der Waals surface area contributed by atoms with Crippen LogP contribution in [0.25, 0.3) is 11.8 Å². The highest BCUT2D eigenvalue weighted by Gasteiger charge is 2.29. The fraction of sp³-hybridized carbons (Fsp3) is 0.222. The molecule has 1 aromatic heterocycles. The van der Waals surface area contributed by atoms with Gasteiger partial charge in [0.05, 0.1) is 0 Å². The first-order valence-electron chi connectivity index (χ1n) is 7.71. The van der Waals surface area contributed by atoms with Crippen molar-refractivity contribution in [2.24, 2.45) is 0 Å². The van der Waals surface area contributed by atoms with E-state index >= 15 is 0 Å². The van der Waals surface area contributed by atoms with Crippen LogP contribution >= 0.6 is 23.8 Å². The van der Waals surface area contributed by atoms with Crippen LogP contribution in [0.15, 0.2) is 36.0 Å². The Balaban J connectivity index is 2.01. The molecule has 1 aliphatic heterocycles. The SMILES string of the molecule is CCN1C(=O)/C(=C/c2cc(C)n(-c3ccc(Cl)cc3)c2C)NC1=S. The Labute approximate surface area is 151 Å². The van der Waals surface area contributed by atoms with Crippen molar-refractivity contribution in [3.63, 3.8) is 0 Å². The van der Waals surface area contributed by atoms with E-state index in [-0.39, 0.29) is 5.91 Å². The van der Waals surface area contributed by atoms with Crippen LogP contribution in [0, 0.1) is 13.8 Å². The lowest BCUT2D eigenvalue weighted by molar-refractivity contribution is -0.122. The van der Waals surface area contributed by atoms with Gasteiger partial charge in [-0.25, -0.2) is 0 Å². The summed E-state index contributed by atoms with van der Waals surface area (Å²) < 4.78 is 2.14. The van der Waals surface area contributed by atoms with Gasteiger partial charge in [0.1, 0.15) is 5.70 Å². The van der Waals surface area contributed by atoms with Gasteiger partial charge in [-0.15, -0.1) is 0 Å². The van der Waals surface area contributed by atoms with Crippen LogP contribution in [0.5, 0.6) is 0 Å². The molecule has 1 amide bonds. The smallest absolute Gasteiger partial charge is 0.276 e. The topological polar surface area (TPSA) is 37.3 Å². The first-order valence-corrected chi connectivity index (χ1v) is 8.50. The average Bonchev–Trinajstić information content (AvgIpc) is 2.97. The number of carbonyl (C=O) groups excluding carboxylic acids is 1. The number of hydrogen-bond donors (Lipinski definition) is 1. The van der Waals surface area contributed by atoms with Crippen molar-refractivity contribution in [2.45, 2.75) is 20.8 Å². The normalized spacial score (nSPS) is 16.2. The largest absolute Gasteiger partial charge is 0.328 e. The number of aryl methyl sites for hydroxylation is 1. The van der Waals surface area contributed by atoms with Crippen molar-refractivity contribution in [1.29, 1.82) is 0 Å². The third-order valence-corrected chi connectivity index (χ3v) is 4.71. The minimum absolute atomic E-state index is 0.0844. The molecule has 1 N–H and O–H groups in total. The molecule has 124 valence electrons. The van der Waals surface area contributed by atoms with Crippen molar-refractivity contribution in [2.75, 3.05) is 6.54 Å². The van der Waals surface area contributed by atoms with Crippen molar-refractivity contribution in [1.82, 2.24) is 14.8 Å². The zero-order valence-corrected chi connectivity index (χ0v) is 15.3. The maximum atomic E-state index is 12.3. The molecule has 0 aliphatic carbocycles. The van der Waals surface area contributed by atoms with Gasteiger partial charge in [0.2, 0.25) is 0 Å². The monoisotopic (exact) mass is 359 g/mol. The van der Waals surface area contributed by atoms with E-state index in [1.165, 1.54) is 0 Å². The van der Waals surface area contributed by atoms with Gasteiger partial charge in [-0.1, -0.05) is 11.6 Å². The molecule has 1 fully saturated rings. The molecule has 0 spiro atoms. The van der Waals surface area contributed by atoms with E-state index in [2.05, 4.69) is 16.0 Å². The van der Waals surface area contributed by atoms with Crippen LogP contribution in [0.4, 0.5) is 0 Å². The predicted octanol–water partition coefficient (Wildman–Crippen LogP) is 3.83. The molecule has 3 rings (SSSR count). The summed E-state index contributed by atoms with van der Waals surface area (Å²) in [4.78, 5) is 13.9. The number of amides is 1. The fourth-order valence-corrected chi connectivity index (χ4v) is 3.38. The van der Waals surface area contributed by atoms with Crippen LogP contribution < -0.4 is 5.32 Å². The minimum Gasteiger partial charge on any atom is -0.328 e. The molecule has 4 nitrogen and oxygen atoms in total. The number of benzene rings is 1. The van der Waals surface area contributed by atoms with E-state index in [9.17, 15) is 4.79 Å². The Hall–Kier alpha value is -2.11. The lowest BCUT2D eigenvalue weighted by Gasteiger charge is -2.09. The minimum atomic E-state index is -0.0844. The van der Waals surface area contributed by atoms with Crippen molar-refractivity contribution < 1.29 is 4.79 Å². The van der Waals surface area contributed by atoms with Gasteiger partial charge in [0.25, 0.3) is 5.91 Å². The molecule has 6 heteroatoms. The van der Waals surface area contributed by atoms with Gasteiger partial charge in [-0.2, -0.15) is 0 Å². The Morgan fingerprint density at radius 2 is 1.92 bits per heavy atom. The number of thiocarbonyl (C=S) groups is 1. The molecule has 24 heavy (non-hydrogen) atoms. The van der Waals surface area contributed by atoms with Crippen LogP contribution in [-0.2, 0) is 4.79 Å². The molecule has 1 saturated heterocycles. The Morgan fingerprint density at radius 1 is 1.25 bits per heavy atom. The lowest BCUT2D eigenvalue weighted by atomic mass is 10.2. The standard InChI is InChI=1S/C18H18ClN3OS/c1-4-21-17(23)16(20-18(21)24)10-13-9-11(2)22(12(13)3)15-7-5-14(19)6-8-15/h5-10H,4H2,1-3H3,(H,20,24)/b16-10-. The highest BCUT2D eigenvalue weighted by atomic mass is 35.5. The third kappa shape index (κ3) is 2.85. The Bertz CT molecular complexity index is 852. The number of halogens is 1. The summed E-state index contributed by atoms with van der Waals surface area (Å²) in [6.07, 6.45) is 1.86. The van der Waals surface area contributed by atoms with Crippen molar-refractivity contribution in [3.05, 3.63) is 58.0 Å². The summed E-state index contributed by atoms with van der Waals surface area (Å²) >= 11 is 11.2. The number of nitrogens with one attached hydrogen (secondary N) is 1. The zero-order valence-electron chi connectivity index (χ0n) is 13.8. The molecule has 2 aromatic rings. The molecule has 1 aliphatic rings. The van der Waals surface area contributed by atoms with Gasteiger partial charge in [-0.05, 0) is 75.0 Å². The quantitative estimate of drug-likeness (QED) is 0.668. The van der Waals surface area contributed by atoms with E-state index in [1.807, 2.05) is 51.1 Å². The van der Waals surface area contributed by atoms with E-state index in [0.717, 1.165) is 22.6 Å². The summed E-state index contributed by atoms with van der Waals surface area (Å²) in [6.45, 7) is 6.53. The van der Waals surface area contributed by atoms with Gasteiger partial charge >= 0.3 is 0 Å². The zero-order chi connectivity index (χ0) is 17.4. The lowest BCUT2D eigenvalue weighted by Crippen LogP contribution is -2.30. The Morgan fingerprint density at radius 3 is 2.50 bits per heavy atom. The highest BCUT2D eigenvalue weighted by Crippen LogP contribution is 2.24. The van der Waals surface area contributed by atoms with Crippen LogP contribution in [-0.4, -0.2) is 27.0 Å². The van der Waals surface area contributed by atoms with E-state index in [1.54, 1.807) is 4.90 Å². The average molecular weight is 360 g/mol. The summed E-state index contributed by atoms with van der Waals surface area (Å²) in [6, 6.07) is 9.75. The number of likely N-dealkylation sites (N-methyl/N-ethyl adjacent to an activating group) is 1. The van der Waals surface area contributed by atoms with Gasteiger partial charge in [-0.3, -0.25) is 9.69 Å². The molecule has 0 unspecified atom stereocenters. The van der Waals surface area contributed by atoms with Gasteiger partial charge in [0.15, 0.2) is 5.11 Å². The maximum Gasteiger partial charge on any atom is 0.276 e. The first-order chi connectivity index (χ1) is 11.4. The molecule has 0 atom stereocenters. The van der Waals surface area contributed by atoms with Gasteiger partial charge in [0, 0.05) is 28.6 Å². The number of aromatic nitrogens is 1. The number of nitrogens with zero attached hydrogens (tertiary/aromatic N) is 2. The second-order valence-corrected chi connectivity index (χ2v) is 6.50. The number of rotatable bonds is 3. The molecular formula is C18H18ClN3OS. The molecule has 0 bridgehead atoms. The van der Waals surface area contributed by atoms with Crippen molar-refractivity contribution >= 4 is 40.9 Å². The fourth-order valence-electron chi connectivity index (χ4n) is 2.94. The summed E-state index contributed by atoms with van der Waals surface area (Å²) in [5.74, 6) is -0.0844. The maximum absolute atomic E-state index is 12.3. The molecular weight excluding hydrogens is 342 g/mol. The third-order valence-electron chi connectivity index (χ3n) is 4.13. The second kappa shape index (κ2) is 6.42. The van der Waals surface area contributed by atoms with Crippen molar-refractivity contribution in [3.8, 4) is 5.69 Å². The Kier molecular flexibility index (Phi) is 4.47.